The number of aromatic nitrogens is 1. The van der Waals surface area contributed by atoms with E-state index in [-0.39, 0.29) is 18.1 Å². The molecule has 0 aliphatic rings. The number of hydrogen-bond acceptors (Lipinski definition) is 3. The molecule has 5 nitrogen and oxygen atoms in total. The molecule has 1 heterocycles. The van der Waals surface area contributed by atoms with Crippen LogP contribution < -0.4 is 10.3 Å². The van der Waals surface area contributed by atoms with Crippen LogP contribution in [0, 0.1) is 6.92 Å². The predicted octanol–water partition coefficient (Wildman–Crippen LogP) is 2.87. The first kappa shape index (κ1) is 16.8. The standard InChI is InChI=1S/C20H20N2O3/c1-14-7-3-6-10-18(14)25-13-20(24)22(2)12-15-11-19(23)21-17-9-5-4-8-16(15)17/h3-11H,12-13H2,1-2H3,(H,21,23). The second-order valence-corrected chi connectivity index (χ2v) is 6.01. The van der Waals surface area contributed by atoms with Crippen LogP contribution in [0.4, 0.5) is 0 Å². The van der Waals surface area contributed by atoms with Gasteiger partial charge in [-0.25, -0.2) is 0 Å². The molecule has 0 saturated heterocycles. The minimum atomic E-state index is -0.175. The fourth-order valence-corrected chi connectivity index (χ4v) is 2.72. The van der Waals surface area contributed by atoms with Crippen LogP contribution in [0.1, 0.15) is 11.1 Å². The monoisotopic (exact) mass is 336 g/mol. The topological polar surface area (TPSA) is 62.4 Å². The molecule has 0 radical (unpaired) electrons. The normalized spacial score (nSPS) is 10.6. The van der Waals surface area contributed by atoms with Gasteiger partial charge < -0.3 is 14.6 Å². The Bertz CT molecular complexity index is 962. The summed E-state index contributed by atoms with van der Waals surface area (Å²) in [6, 6.07) is 16.7. The number of ether oxygens (including phenoxy) is 1. The maximum Gasteiger partial charge on any atom is 0.260 e. The predicted molar refractivity (Wildman–Crippen MR) is 97.7 cm³/mol. The maximum atomic E-state index is 12.4. The third-order valence-electron chi connectivity index (χ3n) is 4.11. The van der Waals surface area contributed by atoms with Crippen molar-refractivity contribution in [1.29, 1.82) is 0 Å². The van der Waals surface area contributed by atoms with Crippen LogP contribution in [-0.2, 0) is 11.3 Å². The van der Waals surface area contributed by atoms with Crippen molar-refractivity contribution in [3.05, 3.63) is 76.1 Å². The number of aromatic amines is 1. The van der Waals surface area contributed by atoms with E-state index in [0.717, 1.165) is 22.0 Å². The Balaban J connectivity index is 1.72. The molecule has 0 saturated carbocycles. The van der Waals surface area contributed by atoms with Crippen molar-refractivity contribution in [1.82, 2.24) is 9.88 Å². The fourth-order valence-electron chi connectivity index (χ4n) is 2.72. The lowest BCUT2D eigenvalue weighted by Gasteiger charge is -2.19. The molecule has 0 aliphatic heterocycles. The highest BCUT2D eigenvalue weighted by Gasteiger charge is 2.13. The van der Waals surface area contributed by atoms with Crippen LogP contribution >= 0.6 is 0 Å². The van der Waals surface area contributed by atoms with E-state index in [1.807, 2.05) is 55.5 Å². The number of amides is 1. The Kier molecular flexibility index (Phi) is 4.84. The number of fused-ring (bicyclic) bond motifs is 1. The van der Waals surface area contributed by atoms with Crippen LogP contribution in [-0.4, -0.2) is 29.4 Å². The third-order valence-corrected chi connectivity index (χ3v) is 4.11. The molecule has 0 fully saturated rings. The molecule has 2 aromatic carbocycles. The van der Waals surface area contributed by atoms with Crippen molar-refractivity contribution in [2.75, 3.05) is 13.7 Å². The van der Waals surface area contributed by atoms with Crippen LogP contribution in [0.5, 0.6) is 5.75 Å². The number of benzene rings is 2. The zero-order valence-corrected chi connectivity index (χ0v) is 14.3. The SMILES string of the molecule is Cc1ccccc1OCC(=O)N(C)Cc1cc(=O)[nH]c2ccccc12. The van der Waals surface area contributed by atoms with Crippen molar-refractivity contribution >= 4 is 16.8 Å². The van der Waals surface area contributed by atoms with Crippen LogP contribution in [0.3, 0.4) is 0 Å². The number of rotatable bonds is 5. The molecule has 3 rings (SSSR count). The summed E-state index contributed by atoms with van der Waals surface area (Å²) in [6.07, 6.45) is 0. The van der Waals surface area contributed by atoms with Gasteiger partial charge in [-0.1, -0.05) is 36.4 Å². The summed E-state index contributed by atoms with van der Waals surface area (Å²) < 4.78 is 5.61. The number of aryl methyl sites for hydroxylation is 1. The smallest absolute Gasteiger partial charge is 0.260 e. The van der Waals surface area contributed by atoms with Gasteiger partial charge in [-0.2, -0.15) is 0 Å². The van der Waals surface area contributed by atoms with Gasteiger partial charge in [0.2, 0.25) is 5.56 Å². The molecule has 0 spiro atoms. The molecule has 128 valence electrons. The molecule has 5 heteroatoms. The molecule has 0 atom stereocenters. The van der Waals surface area contributed by atoms with Gasteiger partial charge in [0.15, 0.2) is 6.61 Å². The Hall–Kier alpha value is -3.08. The van der Waals surface area contributed by atoms with Crippen molar-refractivity contribution in [2.45, 2.75) is 13.5 Å². The van der Waals surface area contributed by atoms with E-state index in [1.165, 1.54) is 6.07 Å². The van der Waals surface area contributed by atoms with Gasteiger partial charge in [-0.05, 0) is 30.2 Å². The van der Waals surface area contributed by atoms with E-state index in [1.54, 1.807) is 11.9 Å². The lowest BCUT2D eigenvalue weighted by molar-refractivity contribution is -0.132. The number of hydrogen-bond donors (Lipinski definition) is 1. The third kappa shape index (κ3) is 3.88. The fraction of sp³-hybridized carbons (Fsp3) is 0.200. The first-order valence-electron chi connectivity index (χ1n) is 8.08. The highest BCUT2D eigenvalue weighted by molar-refractivity contribution is 5.83. The number of carbonyl (C=O) groups excluding carboxylic acids is 1. The molecular formula is C20H20N2O3. The molecule has 1 N–H and O–H groups in total. The van der Waals surface area contributed by atoms with Gasteiger partial charge in [-0.3, -0.25) is 9.59 Å². The second-order valence-electron chi connectivity index (χ2n) is 6.01. The van der Waals surface area contributed by atoms with Crippen molar-refractivity contribution in [2.24, 2.45) is 0 Å². The first-order valence-corrected chi connectivity index (χ1v) is 8.08. The highest BCUT2D eigenvalue weighted by atomic mass is 16.5. The van der Waals surface area contributed by atoms with E-state index in [4.69, 9.17) is 4.74 Å². The summed E-state index contributed by atoms with van der Waals surface area (Å²) in [4.78, 5) is 28.6. The minimum Gasteiger partial charge on any atom is -0.484 e. The largest absolute Gasteiger partial charge is 0.484 e. The van der Waals surface area contributed by atoms with Gasteiger partial charge in [0.25, 0.3) is 5.91 Å². The van der Waals surface area contributed by atoms with Crippen molar-refractivity contribution in [3.8, 4) is 5.75 Å². The van der Waals surface area contributed by atoms with Gasteiger partial charge in [-0.15, -0.1) is 0 Å². The Morgan fingerprint density at radius 2 is 1.84 bits per heavy atom. The quantitative estimate of drug-likeness (QED) is 0.779. The first-order chi connectivity index (χ1) is 12.0. The summed E-state index contributed by atoms with van der Waals surface area (Å²) in [7, 11) is 1.71. The summed E-state index contributed by atoms with van der Waals surface area (Å²) in [6.45, 7) is 2.24. The number of para-hydroxylation sites is 2. The molecule has 0 bridgehead atoms. The number of carbonyl (C=O) groups is 1. The van der Waals surface area contributed by atoms with Gasteiger partial charge >= 0.3 is 0 Å². The highest BCUT2D eigenvalue weighted by Crippen LogP contribution is 2.18. The van der Waals surface area contributed by atoms with E-state index < -0.39 is 0 Å². The molecule has 3 aromatic rings. The number of H-pyrrole nitrogens is 1. The van der Waals surface area contributed by atoms with Gasteiger partial charge in [0.05, 0.1) is 0 Å². The Labute approximate surface area is 145 Å². The number of nitrogens with zero attached hydrogens (tertiary/aromatic N) is 1. The van der Waals surface area contributed by atoms with Crippen LogP contribution in [0.15, 0.2) is 59.4 Å². The number of pyridine rings is 1. The molecular weight excluding hydrogens is 316 g/mol. The average molecular weight is 336 g/mol. The van der Waals surface area contributed by atoms with E-state index in [0.29, 0.717) is 12.3 Å². The van der Waals surface area contributed by atoms with Gasteiger partial charge in [0, 0.05) is 30.6 Å². The number of nitrogens with one attached hydrogen (secondary N) is 1. The van der Waals surface area contributed by atoms with Crippen molar-refractivity contribution < 1.29 is 9.53 Å². The van der Waals surface area contributed by atoms with E-state index >= 15 is 0 Å². The summed E-state index contributed by atoms with van der Waals surface area (Å²) in [5.74, 6) is 0.554. The lowest BCUT2D eigenvalue weighted by Crippen LogP contribution is -2.31. The molecule has 1 amide bonds. The zero-order valence-electron chi connectivity index (χ0n) is 14.3. The minimum absolute atomic E-state index is 0.0392. The summed E-state index contributed by atoms with van der Waals surface area (Å²) in [5, 5.41) is 0.932. The Morgan fingerprint density at radius 1 is 1.12 bits per heavy atom. The second kappa shape index (κ2) is 7.21. The lowest BCUT2D eigenvalue weighted by atomic mass is 10.1. The van der Waals surface area contributed by atoms with Crippen molar-refractivity contribution in [3.63, 3.8) is 0 Å². The Morgan fingerprint density at radius 3 is 2.64 bits per heavy atom. The van der Waals surface area contributed by atoms with E-state index in [2.05, 4.69) is 4.98 Å². The maximum absolute atomic E-state index is 12.4. The van der Waals surface area contributed by atoms with Gasteiger partial charge in [0.1, 0.15) is 5.75 Å². The average Bonchev–Trinajstić information content (AvgIpc) is 2.60. The molecule has 0 aliphatic carbocycles. The zero-order chi connectivity index (χ0) is 17.8. The van der Waals surface area contributed by atoms with Crippen LogP contribution in [0.2, 0.25) is 0 Å². The number of likely N-dealkylation sites (N-methyl/N-ethyl adjacent to an activating group) is 1. The van der Waals surface area contributed by atoms with Crippen LogP contribution in [0.25, 0.3) is 10.9 Å². The molecule has 25 heavy (non-hydrogen) atoms. The molecule has 1 aromatic heterocycles. The molecule has 0 unspecified atom stereocenters. The summed E-state index contributed by atoms with van der Waals surface area (Å²) >= 11 is 0. The summed E-state index contributed by atoms with van der Waals surface area (Å²) in [5.41, 5.74) is 2.39. The van der Waals surface area contributed by atoms with E-state index in [9.17, 15) is 9.59 Å².